The van der Waals surface area contributed by atoms with Crippen LogP contribution in [0.3, 0.4) is 0 Å². The van der Waals surface area contributed by atoms with Crippen LogP contribution in [0.4, 0.5) is 0 Å². The van der Waals surface area contributed by atoms with Crippen molar-refractivity contribution in [2.45, 2.75) is 32.7 Å². The van der Waals surface area contributed by atoms with Gasteiger partial charge in [-0.2, -0.15) is 0 Å². The van der Waals surface area contributed by atoms with E-state index in [-0.39, 0.29) is 42.2 Å². The lowest BCUT2D eigenvalue weighted by molar-refractivity contribution is 0.0946. The molecule has 3 rings (SSSR count). The van der Waals surface area contributed by atoms with E-state index in [1.807, 2.05) is 43.3 Å². The van der Waals surface area contributed by atoms with E-state index < -0.39 is 0 Å². The first kappa shape index (κ1) is 22.5. The van der Waals surface area contributed by atoms with Crippen molar-refractivity contribution < 1.29 is 4.79 Å². The third kappa shape index (κ3) is 5.37. The molecule has 0 aliphatic rings. The minimum Gasteiger partial charge on any atom is -0.349 e. The summed E-state index contributed by atoms with van der Waals surface area (Å²) in [5.41, 5.74) is 10.1. The summed E-state index contributed by atoms with van der Waals surface area (Å²) in [6, 6.07) is 16.5. The van der Waals surface area contributed by atoms with Gasteiger partial charge in [-0.25, -0.2) is 4.68 Å². The van der Waals surface area contributed by atoms with E-state index in [1.54, 1.807) is 0 Å². The molecule has 7 heteroatoms. The number of carbonyl (C=O) groups is 1. The molecule has 0 aliphatic carbocycles. The molecular weight excluding hydrogens is 388 g/mol. The number of nitrogens with two attached hydrogens (primary N) is 1. The number of nitrogens with one attached hydrogen (secondary N) is 2. The fraction of sp³-hybridized carbons (Fsp3) is 0.273. The van der Waals surface area contributed by atoms with Gasteiger partial charge in [0.1, 0.15) is 5.69 Å². The fourth-order valence-corrected chi connectivity index (χ4v) is 2.94. The molecule has 0 saturated carbocycles. The summed E-state index contributed by atoms with van der Waals surface area (Å²) in [6.45, 7) is 6.52. The maximum absolute atomic E-state index is 12.4. The van der Waals surface area contributed by atoms with Gasteiger partial charge in [0.15, 0.2) is 0 Å². The van der Waals surface area contributed by atoms with Crippen molar-refractivity contribution in [3.63, 3.8) is 0 Å². The molecule has 1 aromatic heterocycles. The van der Waals surface area contributed by atoms with E-state index in [1.165, 1.54) is 16.3 Å². The van der Waals surface area contributed by atoms with E-state index in [0.29, 0.717) is 11.6 Å². The molecule has 1 amide bonds. The molecule has 154 valence electrons. The number of aryl methyl sites for hydroxylation is 1. The number of rotatable bonds is 6. The molecule has 29 heavy (non-hydrogen) atoms. The van der Waals surface area contributed by atoms with Gasteiger partial charge in [-0.3, -0.25) is 14.7 Å². The Kier molecular flexibility index (Phi) is 7.42. The number of amides is 1. The Bertz CT molecular complexity index is 1000. The van der Waals surface area contributed by atoms with Crippen LogP contribution in [0.5, 0.6) is 0 Å². The Balaban J connectivity index is 0.00000300. The van der Waals surface area contributed by atoms with Gasteiger partial charge in [-0.05, 0) is 36.1 Å². The molecule has 0 bridgehead atoms. The van der Waals surface area contributed by atoms with E-state index in [2.05, 4.69) is 36.4 Å². The first-order valence-electron chi connectivity index (χ1n) is 9.38. The van der Waals surface area contributed by atoms with E-state index in [9.17, 15) is 9.59 Å². The zero-order valence-corrected chi connectivity index (χ0v) is 17.6. The number of carbonyl (C=O) groups excluding carboxylic acids is 1. The van der Waals surface area contributed by atoms with E-state index >= 15 is 0 Å². The largest absolute Gasteiger partial charge is 0.349 e. The zero-order chi connectivity index (χ0) is 20.3. The molecule has 2 aromatic carbocycles. The molecule has 0 radical (unpaired) electrons. The van der Waals surface area contributed by atoms with Crippen molar-refractivity contribution in [3.05, 3.63) is 87.3 Å². The molecule has 6 nitrogen and oxygen atoms in total. The van der Waals surface area contributed by atoms with Crippen LogP contribution in [0.15, 0.2) is 59.4 Å². The van der Waals surface area contributed by atoms with Crippen molar-refractivity contribution in [2.24, 2.45) is 5.73 Å². The van der Waals surface area contributed by atoms with E-state index in [0.717, 1.165) is 11.1 Å². The van der Waals surface area contributed by atoms with Gasteiger partial charge in [0.2, 0.25) is 0 Å². The molecule has 0 fully saturated rings. The molecule has 0 saturated heterocycles. The summed E-state index contributed by atoms with van der Waals surface area (Å²) in [5, 5.41) is 5.64. The van der Waals surface area contributed by atoms with Gasteiger partial charge in [0.05, 0.1) is 5.69 Å². The summed E-state index contributed by atoms with van der Waals surface area (Å²) in [6.07, 6.45) is 0. The number of hydrogen-bond donors (Lipinski definition) is 3. The maximum atomic E-state index is 12.4. The number of halogens is 1. The topological polar surface area (TPSA) is 92.9 Å². The highest BCUT2D eigenvalue weighted by atomic mass is 35.5. The second-order valence-corrected chi connectivity index (χ2v) is 7.32. The van der Waals surface area contributed by atoms with Crippen LogP contribution in [0, 0.1) is 6.92 Å². The van der Waals surface area contributed by atoms with Crippen LogP contribution in [-0.4, -0.2) is 22.2 Å². The van der Waals surface area contributed by atoms with Gasteiger partial charge in [0.25, 0.3) is 11.5 Å². The lowest BCUT2D eigenvalue weighted by Gasteiger charge is -2.14. The Hall–Kier alpha value is -2.83. The summed E-state index contributed by atoms with van der Waals surface area (Å²) in [4.78, 5) is 24.6. The average Bonchev–Trinajstić information content (AvgIpc) is 3.08. The van der Waals surface area contributed by atoms with Crippen molar-refractivity contribution in [1.29, 1.82) is 0 Å². The maximum Gasteiger partial charge on any atom is 0.271 e. The number of nitrogens with zero attached hydrogens (tertiary/aromatic N) is 1. The monoisotopic (exact) mass is 414 g/mol. The molecule has 3 aromatic rings. The third-order valence-electron chi connectivity index (χ3n) is 4.77. The van der Waals surface area contributed by atoms with Gasteiger partial charge < -0.3 is 11.1 Å². The quantitative estimate of drug-likeness (QED) is 0.576. The molecule has 1 atom stereocenters. The molecule has 1 unspecified atom stereocenters. The number of H-pyrrole nitrogens is 1. The van der Waals surface area contributed by atoms with Gasteiger partial charge in [0, 0.05) is 18.7 Å². The SMILES string of the molecule is Cc1ccc(-n2[nH]c(C(=O)NCC(N)c3ccc(C(C)C)cc3)cc2=O)cc1.Cl. The van der Waals surface area contributed by atoms with Gasteiger partial charge in [-0.1, -0.05) is 55.8 Å². The second-order valence-electron chi connectivity index (χ2n) is 7.32. The van der Waals surface area contributed by atoms with Gasteiger partial charge in [-0.15, -0.1) is 12.4 Å². The summed E-state index contributed by atoms with van der Waals surface area (Å²) < 4.78 is 1.35. The summed E-state index contributed by atoms with van der Waals surface area (Å²) in [5.74, 6) is 0.0941. The smallest absolute Gasteiger partial charge is 0.271 e. The average molecular weight is 415 g/mol. The third-order valence-corrected chi connectivity index (χ3v) is 4.77. The fourth-order valence-electron chi connectivity index (χ4n) is 2.94. The lowest BCUT2D eigenvalue weighted by atomic mass is 9.99. The Morgan fingerprint density at radius 2 is 1.66 bits per heavy atom. The number of aromatic amines is 1. The highest BCUT2D eigenvalue weighted by Gasteiger charge is 2.14. The van der Waals surface area contributed by atoms with Gasteiger partial charge >= 0.3 is 0 Å². The number of aromatic nitrogens is 2. The lowest BCUT2D eigenvalue weighted by Crippen LogP contribution is -2.32. The highest BCUT2D eigenvalue weighted by Crippen LogP contribution is 2.17. The highest BCUT2D eigenvalue weighted by molar-refractivity contribution is 5.92. The second kappa shape index (κ2) is 9.58. The Morgan fingerprint density at radius 1 is 1.07 bits per heavy atom. The van der Waals surface area contributed by atoms with Crippen LogP contribution >= 0.6 is 12.4 Å². The normalized spacial score (nSPS) is 11.8. The van der Waals surface area contributed by atoms with E-state index in [4.69, 9.17) is 5.73 Å². The standard InChI is InChI=1S/C22H26N4O2.ClH/c1-14(2)16-6-8-17(9-7-16)19(23)13-24-22(28)20-12-21(27)26(25-20)18-10-4-15(3)5-11-18;/h4-12,14,19,25H,13,23H2,1-3H3,(H,24,28);1H. The number of hydrogen-bond acceptors (Lipinski definition) is 3. The molecule has 1 heterocycles. The molecule has 0 spiro atoms. The predicted octanol–water partition coefficient (Wildman–Crippen LogP) is 3.45. The summed E-state index contributed by atoms with van der Waals surface area (Å²) >= 11 is 0. The molecule has 0 aliphatic heterocycles. The molecule has 4 N–H and O–H groups in total. The van der Waals surface area contributed by atoms with Crippen LogP contribution in [0.25, 0.3) is 5.69 Å². The Morgan fingerprint density at radius 3 is 2.24 bits per heavy atom. The minimum absolute atomic E-state index is 0. The predicted molar refractivity (Wildman–Crippen MR) is 118 cm³/mol. The zero-order valence-electron chi connectivity index (χ0n) is 16.8. The first-order valence-corrected chi connectivity index (χ1v) is 9.38. The van der Waals surface area contributed by atoms with Crippen molar-refractivity contribution in [3.8, 4) is 5.69 Å². The number of benzene rings is 2. The van der Waals surface area contributed by atoms with Crippen molar-refractivity contribution >= 4 is 18.3 Å². The van der Waals surface area contributed by atoms with Crippen LogP contribution in [0.2, 0.25) is 0 Å². The first-order chi connectivity index (χ1) is 13.3. The summed E-state index contributed by atoms with van der Waals surface area (Å²) in [7, 11) is 0. The Labute approximate surface area is 176 Å². The minimum atomic E-state index is -0.364. The van der Waals surface area contributed by atoms with Crippen molar-refractivity contribution in [2.75, 3.05) is 6.54 Å². The van der Waals surface area contributed by atoms with Crippen LogP contribution in [0.1, 0.15) is 53.0 Å². The van der Waals surface area contributed by atoms with Crippen LogP contribution < -0.4 is 16.6 Å². The van der Waals surface area contributed by atoms with Crippen molar-refractivity contribution in [1.82, 2.24) is 15.1 Å². The molecular formula is C22H27ClN4O2. The van der Waals surface area contributed by atoms with Crippen LogP contribution in [-0.2, 0) is 0 Å².